The lowest BCUT2D eigenvalue weighted by Crippen LogP contribution is -2.65. The first-order valence-corrected chi connectivity index (χ1v) is 12.7. The summed E-state index contributed by atoms with van der Waals surface area (Å²) in [6.07, 6.45) is 0.342. The molecule has 4 rings (SSSR count). The number of alkyl halides is 1. The van der Waals surface area contributed by atoms with Gasteiger partial charge < -0.3 is 35.4 Å². The SMILES string of the molecule is C[C@@H]1/C=C\CC(F)CSC2OC(C(O)C(O)C2O)C1NC(=O)C1NCC2CCCCOC21. The van der Waals surface area contributed by atoms with Gasteiger partial charge in [0.25, 0.3) is 0 Å². The highest BCUT2D eigenvalue weighted by Gasteiger charge is 2.49. The van der Waals surface area contributed by atoms with Crippen LogP contribution in [0.4, 0.5) is 4.39 Å². The summed E-state index contributed by atoms with van der Waals surface area (Å²) in [6, 6.07) is -1.19. The number of hydrogen-bond acceptors (Lipinski definition) is 8. The largest absolute Gasteiger partial charge is 0.388 e. The minimum Gasteiger partial charge on any atom is -0.388 e. The molecule has 0 saturated carbocycles. The van der Waals surface area contributed by atoms with E-state index in [-0.39, 0.29) is 36.0 Å². The number of rotatable bonds is 2. The van der Waals surface area contributed by atoms with Crippen molar-refractivity contribution < 1.29 is 34.0 Å². The van der Waals surface area contributed by atoms with E-state index in [4.69, 9.17) is 9.47 Å². The summed E-state index contributed by atoms with van der Waals surface area (Å²) in [6.45, 7) is 3.20. The summed E-state index contributed by atoms with van der Waals surface area (Å²) in [5, 5.41) is 37.8. The standard InChI is InChI=1S/C22H35FN2O6S/c1-11-5-4-7-13(23)10-32-22-18(28)16(26)17(27)20(31-22)14(11)25-21(29)15-19-12(9-24-15)6-2-3-8-30-19/h4-5,11-20,22,24,26-28H,2-3,6-10H2,1H3,(H,25,29)/b5-4-/t11-,12?,13?,14?,15?,16?,17?,18?,19?,20?,22?/m1/s1. The summed E-state index contributed by atoms with van der Waals surface area (Å²) in [5.74, 6) is -0.166. The number of amides is 1. The van der Waals surface area contributed by atoms with Crippen LogP contribution < -0.4 is 10.6 Å². The molecular formula is C22H35FN2O6S. The normalized spacial score (nSPS) is 48.7. The van der Waals surface area contributed by atoms with E-state index >= 15 is 0 Å². The Hall–Kier alpha value is -0.750. The molecule has 0 aromatic heterocycles. The number of ether oxygens (including phenoxy) is 2. The number of aliphatic hydroxyl groups is 3. The van der Waals surface area contributed by atoms with E-state index in [0.29, 0.717) is 13.2 Å². The first-order valence-electron chi connectivity index (χ1n) is 11.6. The third-order valence-corrected chi connectivity index (χ3v) is 8.34. The van der Waals surface area contributed by atoms with E-state index in [0.717, 1.165) is 31.0 Å². The Balaban J connectivity index is 1.55. The number of carbonyl (C=O) groups excluding carboxylic acids is 1. The zero-order valence-corrected chi connectivity index (χ0v) is 19.1. The molecule has 4 heterocycles. The van der Waals surface area contributed by atoms with Crippen molar-refractivity contribution in [2.24, 2.45) is 11.8 Å². The van der Waals surface area contributed by atoms with Crippen LogP contribution in [0, 0.1) is 11.8 Å². The Bertz CT molecular complexity index is 687. The average molecular weight is 475 g/mol. The second-order valence-electron chi connectivity index (χ2n) is 9.41. The van der Waals surface area contributed by atoms with E-state index in [1.807, 2.05) is 13.0 Å². The van der Waals surface area contributed by atoms with Gasteiger partial charge in [-0.05, 0) is 31.1 Å². The van der Waals surface area contributed by atoms with Gasteiger partial charge in [0, 0.05) is 18.9 Å². The molecule has 3 saturated heterocycles. The number of thioether (sulfide) groups is 1. The van der Waals surface area contributed by atoms with Gasteiger partial charge >= 0.3 is 0 Å². The molecule has 2 bridgehead atoms. The molecule has 11 atom stereocenters. The molecule has 10 unspecified atom stereocenters. The van der Waals surface area contributed by atoms with Crippen LogP contribution in [0.2, 0.25) is 0 Å². The van der Waals surface area contributed by atoms with E-state index in [1.54, 1.807) is 6.08 Å². The number of aliphatic hydroxyl groups excluding tert-OH is 3. The Kier molecular flexibility index (Phi) is 8.13. The number of hydrogen-bond donors (Lipinski definition) is 5. The summed E-state index contributed by atoms with van der Waals surface area (Å²) in [5.41, 5.74) is -0.902. The molecule has 4 aliphatic rings. The molecule has 1 amide bonds. The van der Waals surface area contributed by atoms with E-state index < -0.39 is 48.1 Å². The fraction of sp³-hybridized carbons (Fsp3) is 0.864. The van der Waals surface area contributed by atoms with Gasteiger partial charge in [0.05, 0.1) is 12.1 Å². The molecule has 8 nitrogen and oxygen atoms in total. The number of halogens is 1. The molecule has 0 aromatic carbocycles. The maximum Gasteiger partial charge on any atom is 0.240 e. The highest BCUT2D eigenvalue weighted by molar-refractivity contribution is 7.99. The third-order valence-electron chi connectivity index (χ3n) is 7.06. The zero-order valence-electron chi connectivity index (χ0n) is 18.3. The second-order valence-corrected chi connectivity index (χ2v) is 10.5. The highest BCUT2D eigenvalue weighted by Crippen LogP contribution is 2.34. The summed E-state index contributed by atoms with van der Waals surface area (Å²) in [4.78, 5) is 13.3. The van der Waals surface area contributed by atoms with Crippen molar-refractivity contribution in [1.29, 1.82) is 0 Å². The van der Waals surface area contributed by atoms with Crippen LogP contribution in [-0.4, -0.2) is 94.3 Å². The Morgan fingerprint density at radius 3 is 2.81 bits per heavy atom. The minimum absolute atomic E-state index is 0.0966. The monoisotopic (exact) mass is 474 g/mol. The fourth-order valence-corrected chi connectivity index (χ4v) is 6.25. The second kappa shape index (κ2) is 10.7. The van der Waals surface area contributed by atoms with Crippen molar-refractivity contribution >= 4 is 17.7 Å². The van der Waals surface area contributed by atoms with E-state index in [9.17, 15) is 24.5 Å². The van der Waals surface area contributed by atoms with Gasteiger partial charge in [0.1, 0.15) is 42.1 Å². The van der Waals surface area contributed by atoms with Crippen molar-refractivity contribution in [3.05, 3.63) is 12.2 Å². The van der Waals surface area contributed by atoms with Crippen molar-refractivity contribution in [2.75, 3.05) is 18.9 Å². The number of fused-ring (bicyclic) bond motifs is 3. The van der Waals surface area contributed by atoms with Crippen LogP contribution in [0.15, 0.2) is 12.2 Å². The van der Waals surface area contributed by atoms with Crippen LogP contribution >= 0.6 is 11.8 Å². The molecule has 32 heavy (non-hydrogen) atoms. The van der Waals surface area contributed by atoms with Crippen LogP contribution in [0.1, 0.15) is 32.6 Å². The van der Waals surface area contributed by atoms with E-state index in [1.165, 1.54) is 0 Å². The van der Waals surface area contributed by atoms with Crippen molar-refractivity contribution in [2.45, 2.75) is 86.8 Å². The first kappa shape index (κ1) is 24.4. The lowest BCUT2D eigenvalue weighted by atomic mass is 9.87. The predicted octanol–water partition coefficient (Wildman–Crippen LogP) is 0.103. The van der Waals surface area contributed by atoms with Gasteiger partial charge in [-0.1, -0.05) is 25.5 Å². The van der Waals surface area contributed by atoms with Crippen LogP contribution in [0.25, 0.3) is 0 Å². The Morgan fingerprint density at radius 1 is 1.19 bits per heavy atom. The van der Waals surface area contributed by atoms with Crippen molar-refractivity contribution in [1.82, 2.24) is 10.6 Å². The van der Waals surface area contributed by atoms with Crippen LogP contribution in [0.5, 0.6) is 0 Å². The van der Waals surface area contributed by atoms with E-state index in [2.05, 4.69) is 10.6 Å². The Morgan fingerprint density at radius 2 is 2.00 bits per heavy atom. The zero-order chi connectivity index (χ0) is 22.8. The molecule has 182 valence electrons. The lowest BCUT2D eigenvalue weighted by molar-refractivity contribution is -0.207. The van der Waals surface area contributed by atoms with Crippen molar-refractivity contribution in [3.63, 3.8) is 0 Å². The maximum absolute atomic E-state index is 14.2. The third kappa shape index (κ3) is 5.16. The molecule has 0 aliphatic carbocycles. The van der Waals surface area contributed by atoms with Crippen molar-refractivity contribution in [3.8, 4) is 0 Å². The summed E-state index contributed by atoms with van der Waals surface area (Å²) >= 11 is 1.07. The predicted molar refractivity (Wildman–Crippen MR) is 118 cm³/mol. The topological polar surface area (TPSA) is 120 Å². The van der Waals surface area contributed by atoms with Gasteiger partial charge in [-0.2, -0.15) is 0 Å². The lowest BCUT2D eigenvalue weighted by Gasteiger charge is -2.44. The minimum atomic E-state index is -1.46. The highest BCUT2D eigenvalue weighted by atomic mass is 32.2. The number of allylic oxidation sites excluding steroid dienone is 1. The molecule has 4 aliphatic heterocycles. The van der Waals surface area contributed by atoms with Gasteiger partial charge in [0.2, 0.25) is 5.91 Å². The summed E-state index contributed by atoms with van der Waals surface area (Å²) < 4.78 is 26.2. The average Bonchev–Trinajstić information content (AvgIpc) is 3.02. The molecule has 5 N–H and O–H groups in total. The summed E-state index contributed by atoms with van der Waals surface area (Å²) in [7, 11) is 0. The quantitative estimate of drug-likeness (QED) is 0.358. The van der Waals surface area contributed by atoms with Gasteiger partial charge in [0.15, 0.2) is 0 Å². The molecule has 0 radical (unpaired) electrons. The van der Waals surface area contributed by atoms with Gasteiger partial charge in [-0.25, -0.2) is 4.39 Å². The number of carbonyl (C=O) groups is 1. The Labute approximate surface area is 192 Å². The smallest absolute Gasteiger partial charge is 0.240 e. The molecule has 0 aromatic rings. The molecule has 3 fully saturated rings. The fourth-order valence-electron chi connectivity index (χ4n) is 5.15. The molecule has 0 spiro atoms. The number of nitrogens with one attached hydrogen (secondary N) is 2. The maximum atomic E-state index is 14.2. The van der Waals surface area contributed by atoms with Gasteiger partial charge in [-0.3, -0.25) is 4.79 Å². The van der Waals surface area contributed by atoms with Gasteiger partial charge in [-0.15, -0.1) is 11.8 Å². The first-order chi connectivity index (χ1) is 15.4. The van der Waals surface area contributed by atoms with Crippen LogP contribution in [-0.2, 0) is 14.3 Å². The molecule has 10 heteroatoms. The van der Waals surface area contributed by atoms with Crippen LogP contribution in [0.3, 0.4) is 0 Å². The molecular weight excluding hydrogens is 439 g/mol.